The molecule has 0 spiro atoms. The number of hydrogen-bond donors (Lipinski definition) is 0. The third kappa shape index (κ3) is 3.41. The topological polar surface area (TPSA) is 51.0 Å². The van der Waals surface area contributed by atoms with Crippen molar-refractivity contribution in [1.82, 2.24) is 19.9 Å². The Balaban J connectivity index is 1.74. The van der Waals surface area contributed by atoms with E-state index in [-0.39, 0.29) is 17.8 Å². The fraction of sp³-hybridized carbons (Fsp3) is 0.471. The number of piperidine rings is 1. The fourth-order valence-electron chi connectivity index (χ4n) is 3.05. The first kappa shape index (κ1) is 15.6. The predicted octanol–water partition coefficient (Wildman–Crippen LogP) is 2.85. The van der Waals surface area contributed by atoms with E-state index in [9.17, 15) is 9.18 Å². The van der Waals surface area contributed by atoms with Crippen molar-refractivity contribution >= 4 is 5.91 Å². The summed E-state index contributed by atoms with van der Waals surface area (Å²) < 4.78 is 15.0. The summed E-state index contributed by atoms with van der Waals surface area (Å²) in [6.07, 6.45) is 4.52. The number of amides is 1. The largest absolute Gasteiger partial charge is 0.337 e. The van der Waals surface area contributed by atoms with Gasteiger partial charge in [-0.2, -0.15) is 0 Å². The lowest BCUT2D eigenvalue weighted by atomic mass is 10.0. The third-order valence-electron chi connectivity index (χ3n) is 4.41. The summed E-state index contributed by atoms with van der Waals surface area (Å²) in [6.45, 7) is 5.19. The summed E-state index contributed by atoms with van der Waals surface area (Å²) in [7, 11) is 0. The van der Waals surface area contributed by atoms with Crippen LogP contribution in [-0.2, 0) is 11.3 Å². The number of likely N-dealkylation sites (tertiary alicyclic amines) is 1. The van der Waals surface area contributed by atoms with Gasteiger partial charge in [-0.3, -0.25) is 4.79 Å². The molecule has 0 saturated carbocycles. The lowest BCUT2D eigenvalue weighted by molar-refractivity contribution is -0.133. The summed E-state index contributed by atoms with van der Waals surface area (Å²) in [5, 5.41) is 8.37. The van der Waals surface area contributed by atoms with Gasteiger partial charge in [0.05, 0.1) is 18.8 Å². The number of nitrogens with zero attached hydrogens (tertiary/aromatic N) is 4. The second kappa shape index (κ2) is 6.48. The van der Waals surface area contributed by atoms with Crippen LogP contribution in [0, 0.1) is 12.7 Å². The van der Waals surface area contributed by atoms with Crippen LogP contribution < -0.4 is 0 Å². The van der Waals surface area contributed by atoms with E-state index in [2.05, 4.69) is 10.3 Å². The highest BCUT2D eigenvalue weighted by atomic mass is 19.1. The molecule has 1 saturated heterocycles. The van der Waals surface area contributed by atoms with Crippen LogP contribution >= 0.6 is 0 Å². The molecule has 0 bridgehead atoms. The lowest BCUT2D eigenvalue weighted by Gasteiger charge is -2.25. The fourth-order valence-corrected chi connectivity index (χ4v) is 3.05. The molecular formula is C17H21FN4O. The molecular weight excluding hydrogens is 295 g/mol. The first-order valence-electron chi connectivity index (χ1n) is 7.99. The molecule has 122 valence electrons. The van der Waals surface area contributed by atoms with Crippen LogP contribution in [0.2, 0.25) is 0 Å². The second-order valence-electron chi connectivity index (χ2n) is 6.14. The SMILES string of the molecule is Cc1cc(F)ccc1[C@H](C)n1cc(CN2CCCCC2=O)nn1. The predicted molar refractivity (Wildman–Crippen MR) is 84.2 cm³/mol. The van der Waals surface area contributed by atoms with Gasteiger partial charge in [0.25, 0.3) is 0 Å². The maximum Gasteiger partial charge on any atom is 0.222 e. The van der Waals surface area contributed by atoms with Crippen LogP contribution in [0.4, 0.5) is 4.39 Å². The summed E-state index contributed by atoms with van der Waals surface area (Å²) in [4.78, 5) is 13.7. The molecule has 1 aromatic carbocycles. The van der Waals surface area contributed by atoms with Gasteiger partial charge in [0, 0.05) is 13.0 Å². The Kier molecular flexibility index (Phi) is 4.41. The normalized spacial score (nSPS) is 16.7. The number of aromatic nitrogens is 3. The quantitative estimate of drug-likeness (QED) is 0.871. The van der Waals surface area contributed by atoms with Gasteiger partial charge in [0.15, 0.2) is 0 Å². The summed E-state index contributed by atoms with van der Waals surface area (Å²) >= 11 is 0. The molecule has 2 heterocycles. The van der Waals surface area contributed by atoms with Crippen LogP contribution in [0.1, 0.15) is 49.0 Å². The Morgan fingerprint density at radius 1 is 1.35 bits per heavy atom. The van der Waals surface area contributed by atoms with E-state index in [0.29, 0.717) is 13.0 Å². The van der Waals surface area contributed by atoms with Crippen molar-refractivity contribution in [2.75, 3.05) is 6.54 Å². The average Bonchev–Trinajstić information content (AvgIpc) is 2.98. The highest BCUT2D eigenvalue weighted by molar-refractivity contribution is 5.76. The van der Waals surface area contributed by atoms with Crippen molar-refractivity contribution in [3.8, 4) is 0 Å². The minimum Gasteiger partial charge on any atom is -0.337 e. The van der Waals surface area contributed by atoms with Gasteiger partial charge in [0.2, 0.25) is 5.91 Å². The summed E-state index contributed by atoms with van der Waals surface area (Å²) in [5.41, 5.74) is 2.68. The van der Waals surface area contributed by atoms with Gasteiger partial charge in [-0.15, -0.1) is 5.10 Å². The molecule has 1 aliphatic rings. The number of halogens is 1. The highest BCUT2D eigenvalue weighted by Gasteiger charge is 2.20. The van der Waals surface area contributed by atoms with Crippen molar-refractivity contribution in [3.63, 3.8) is 0 Å². The number of carbonyl (C=O) groups excluding carboxylic acids is 1. The van der Waals surface area contributed by atoms with E-state index in [4.69, 9.17) is 0 Å². The van der Waals surface area contributed by atoms with E-state index in [0.717, 1.165) is 36.2 Å². The smallest absolute Gasteiger partial charge is 0.222 e. The molecule has 6 heteroatoms. The molecule has 2 aromatic rings. The first-order valence-corrected chi connectivity index (χ1v) is 7.99. The summed E-state index contributed by atoms with van der Waals surface area (Å²) in [5.74, 6) is -0.0467. The molecule has 0 radical (unpaired) electrons. The maximum atomic E-state index is 13.2. The molecule has 1 aliphatic heterocycles. The van der Waals surface area contributed by atoms with Crippen LogP contribution in [0.15, 0.2) is 24.4 Å². The Hall–Kier alpha value is -2.24. The van der Waals surface area contributed by atoms with Gasteiger partial charge in [-0.1, -0.05) is 11.3 Å². The maximum absolute atomic E-state index is 13.2. The van der Waals surface area contributed by atoms with Crippen molar-refractivity contribution in [2.45, 2.75) is 45.7 Å². The van der Waals surface area contributed by atoms with Crippen molar-refractivity contribution in [1.29, 1.82) is 0 Å². The second-order valence-corrected chi connectivity index (χ2v) is 6.14. The molecule has 3 rings (SSSR count). The van der Waals surface area contributed by atoms with E-state index < -0.39 is 0 Å². The molecule has 0 unspecified atom stereocenters. The molecule has 23 heavy (non-hydrogen) atoms. The molecule has 0 aliphatic carbocycles. The van der Waals surface area contributed by atoms with Crippen LogP contribution in [0.5, 0.6) is 0 Å². The third-order valence-corrected chi connectivity index (χ3v) is 4.41. The lowest BCUT2D eigenvalue weighted by Crippen LogP contribution is -2.34. The van der Waals surface area contributed by atoms with E-state index >= 15 is 0 Å². The molecule has 1 amide bonds. The molecule has 1 fully saturated rings. The van der Waals surface area contributed by atoms with E-state index in [1.807, 2.05) is 24.9 Å². The minimum atomic E-state index is -0.235. The van der Waals surface area contributed by atoms with Crippen molar-refractivity contribution in [3.05, 3.63) is 47.0 Å². The number of benzene rings is 1. The molecule has 1 aromatic heterocycles. The van der Waals surface area contributed by atoms with Crippen LogP contribution in [-0.4, -0.2) is 32.3 Å². The van der Waals surface area contributed by atoms with Gasteiger partial charge in [0.1, 0.15) is 11.5 Å². The molecule has 0 N–H and O–H groups in total. The molecule has 1 atom stereocenters. The Labute approximate surface area is 135 Å². The number of hydrogen-bond acceptors (Lipinski definition) is 3. The zero-order valence-electron chi connectivity index (χ0n) is 13.5. The van der Waals surface area contributed by atoms with Gasteiger partial charge >= 0.3 is 0 Å². The summed E-state index contributed by atoms with van der Waals surface area (Å²) in [6, 6.07) is 4.73. The standard InChI is InChI=1S/C17H21FN4O/c1-12-9-14(18)6-7-16(12)13(2)22-11-15(19-20-22)10-21-8-4-3-5-17(21)23/h6-7,9,11,13H,3-5,8,10H2,1-2H3/t13-/m0/s1. The Morgan fingerprint density at radius 2 is 2.17 bits per heavy atom. The highest BCUT2D eigenvalue weighted by Crippen LogP contribution is 2.22. The van der Waals surface area contributed by atoms with E-state index in [1.165, 1.54) is 12.1 Å². The first-order chi connectivity index (χ1) is 11.0. The minimum absolute atomic E-state index is 0.0334. The Morgan fingerprint density at radius 3 is 2.91 bits per heavy atom. The Bertz CT molecular complexity index is 712. The zero-order valence-corrected chi connectivity index (χ0v) is 13.5. The molecule has 5 nitrogen and oxygen atoms in total. The van der Waals surface area contributed by atoms with Gasteiger partial charge < -0.3 is 4.90 Å². The van der Waals surface area contributed by atoms with Crippen molar-refractivity contribution in [2.24, 2.45) is 0 Å². The number of carbonyl (C=O) groups is 1. The van der Waals surface area contributed by atoms with Crippen LogP contribution in [0.25, 0.3) is 0 Å². The monoisotopic (exact) mass is 316 g/mol. The van der Waals surface area contributed by atoms with Crippen LogP contribution in [0.3, 0.4) is 0 Å². The average molecular weight is 316 g/mol. The number of rotatable bonds is 4. The van der Waals surface area contributed by atoms with Crippen molar-refractivity contribution < 1.29 is 9.18 Å². The van der Waals surface area contributed by atoms with Gasteiger partial charge in [-0.25, -0.2) is 9.07 Å². The van der Waals surface area contributed by atoms with E-state index in [1.54, 1.807) is 10.7 Å². The zero-order chi connectivity index (χ0) is 16.4. The van der Waals surface area contributed by atoms with Gasteiger partial charge in [-0.05, 0) is 49.9 Å². The number of aryl methyl sites for hydroxylation is 1.